The number of nitrogens with zero attached hydrogens (tertiary/aromatic N) is 1. The summed E-state index contributed by atoms with van der Waals surface area (Å²) < 4.78 is 40.9. The fourth-order valence-corrected chi connectivity index (χ4v) is 4.44. The van der Waals surface area contributed by atoms with E-state index in [1.807, 2.05) is 0 Å². The van der Waals surface area contributed by atoms with Gasteiger partial charge in [-0.25, -0.2) is 0 Å². The molecule has 2 heterocycles. The maximum absolute atomic E-state index is 13.6. The first-order chi connectivity index (χ1) is 13.0. The van der Waals surface area contributed by atoms with Gasteiger partial charge in [0, 0.05) is 5.56 Å². The highest BCUT2D eigenvalue weighted by molar-refractivity contribution is 5.99. The molecular formula is C20H26F3N3O. The van der Waals surface area contributed by atoms with Gasteiger partial charge in [-0.1, -0.05) is 43.0 Å². The van der Waals surface area contributed by atoms with Crippen LogP contribution in [0.25, 0.3) is 0 Å². The summed E-state index contributed by atoms with van der Waals surface area (Å²) in [4.78, 5) is 5.41. The topological polar surface area (TPSA) is 45.6 Å². The van der Waals surface area contributed by atoms with Crippen molar-refractivity contribution in [3.63, 3.8) is 0 Å². The van der Waals surface area contributed by atoms with Gasteiger partial charge in [0.15, 0.2) is 5.84 Å². The van der Waals surface area contributed by atoms with Gasteiger partial charge in [0.1, 0.15) is 0 Å². The van der Waals surface area contributed by atoms with Gasteiger partial charge in [-0.2, -0.15) is 13.2 Å². The minimum Gasteiger partial charge on any atom is -0.367 e. The van der Waals surface area contributed by atoms with Gasteiger partial charge in [0.05, 0.1) is 11.6 Å². The van der Waals surface area contributed by atoms with Crippen molar-refractivity contribution in [3.05, 3.63) is 34.9 Å². The van der Waals surface area contributed by atoms with Crippen LogP contribution in [0.2, 0.25) is 0 Å². The summed E-state index contributed by atoms with van der Waals surface area (Å²) in [6, 6.07) is 4.68. The van der Waals surface area contributed by atoms with Crippen LogP contribution in [0, 0.1) is 5.92 Å². The molecule has 1 aromatic carbocycles. The van der Waals surface area contributed by atoms with Gasteiger partial charge in [0.25, 0.3) is 0 Å². The second kappa shape index (κ2) is 7.70. The van der Waals surface area contributed by atoms with E-state index < -0.39 is 11.7 Å². The van der Waals surface area contributed by atoms with E-state index in [-0.39, 0.29) is 12.3 Å². The zero-order valence-electron chi connectivity index (χ0n) is 15.3. The maximum atomic E-state index is 13.6. The highest BCUT2D eigenvalue weighted by Gasteiger charge is 2.36. The molecule has 4 nitrogen and oxygen atoms in total. The number of rotatable bonds is 5. The molecule has 0 amide bonds. The fraction of sp³-hybridized carbons (Fsp3) is 0.650. The van der Waals surface area contributed by atoms with Crippen LogP contribution in [0.3, 0.4) is 0 Å². The Hall–Kier alpha value is -1.76. The van der Waals surface area contributed by atoms with Crippen molar-refractivity contribution < 1.29 is 18.0 Å². The lowest BCUT2D eigenvalue weighted by Crippen LogP contribution is -2.44. The second-order valence-electron chi connectivity index (χ2n) is 7.87. The van der Waals surface area contributed by atoms with Gasteiger partial charge in [-0.05, 0) is 49.8 Å². The zero-order chi connectivity index (χ0) is 18.9. The first-order valence-electron chi connectivity index (χ1n) is 9.95. The van der Waals surface area contributed by atoms with E-state index in [1.54, 1.807) is 12.1 Å². The molecule has 0 spiro atoms. The number of hydrogen-bond acceptors (Lipinski definition) is 4. The fourth-order valence-electron chi connectivity index (χ4n) is 4.44. The van der Waals surface area contributed by atoms with Crippen molar-refractivity contribution >= 4 is 5.84 Å². The Labute approximate surface area is 157 Å². The lowest BCUT2D eigenvalue weighted by molar-refractivity contribution is -0.138. The number of benzene rings is 1. The standard InChI is InChI=1S/C20H26F3N3O/c21-20(22,23)16-12-15(10-9-14(16)8-7-13-4-1-2-5-13)18-25-19(27-26-18)17-6-3-11-24-17/h9-10,12-13,17,19,24H,1-8,11H2,(H,25,26). The van der Waals surface area contributed by atoms with Crippen LogP contribution in [-0.2, 0) is 17.4 Å². The summed E-state index contributed by atoms with van der Waals surface area (Å²) in [5.41, 5.74) is 0.254. The molecule has 7 heteroatoms. The monoisotopic (exact) mass is 381 g/mol. The van der Waals surface area contributed by atoms with Crippen LogP contribution in [0.5, 0.6) is 0 Å². The Morgan fingerprint density at radius 3 is 2.63 bits per heavy atom. The van der Waals surface area contributed by atoms with Gasteiger partial charge >= 0.3 is 6.18 Å². The molecule has 0 aromatic heterocycles. The van der Waals surface area contributed by atoms with Crippen LogP contribution in [0.1, 0.15) is 61.6 Å². The molecule has 3 aliphatic rings. The number of amidine groups is 1. The van der Waals surface area contributed by atoms with E-state index in [0.29, 0.717) is 29.3 Å². The quantitative estimate of drug-likeness (QED) is 0.804. The van der Waals surface area contributed by atoms with Crippen molar-refractivity contribution in [2.24, 2.45) is 11.1 Å². The summed E-state index contributed by atoms with van der Waals surface area (Å²) in [6.07, 6.45) is 3.36. The molecule has 2 atom stereocenters. The van der Waals surface area contributed by atoms with Crippen LogP contribution < -0.4 is 10.6 Å². The van der Waals surface area contributed by atoms with E-state index in [4.69, 9.17) is 4.84 Å². The molecule has 0 radical (unpaired) electrons. The molecule has 1 aliphatic carbocycles. The van der Waals surface area contributed by atoms with Crippen molar-refractivity contribution in [1.29, 1.82) is 0 Å². The van der Waals surface area contributed by atoms with Gasteiger partial charge < -0.3 is 15.5 Å². The molecule has 2 fully saturated rings. The van der Waals surface area contributed by atoms with Crippen LogP contribution >= 0.6 is 0 Å². The summed E-state index contributed by atoms with van der Waals surface area (Å²) in [5, 5.41) is 10.4. The number of halogens is 3. The number of oxime groups is 1. The van der Waals surface area contributed by atoms with Gasteiger partial charge in [-0.15, -0.1) is 0 Å². The number of hydrogen-bond donors (Lipinski definition) is 2. The van der Waals surface area contributed by atoms with E-state index in [2.05, 4.69) is 15.8 Å². The molecule has 2 aliphatic heterocycles. The first kappa shape index (κ1) is 18.6. The predicted octanol–water partition coefficient (Wildman–Crippen LogP) is 4.19. The minimum atomic E-state index is -4.37. The lowest BCUT2D eigenvalue weighted by Gasteiger charge is -2.18. The molecule has 1 saturated heterocycles. The first-order valence-corrected chi connectivity index (χ1v) is 9.95. The van der Waals surface area contributed by atoms with Crippen molar-refractivity contribution in [2.45, 2.75) is 69.8 Å². The normalized spacial score (nSPS) is 26.1. The van der Waals surface area contributed by atoms with E-state index in [9.17, 15) is 13.2 Å². The largest absolute Gasteiger partial charge is 0.416 e. The van der Waals surface area contributed by atoms with Crippen molar-refractivity contribution in [2.75, 3.05) is 6.54 Å². The van der Waals surface area contributed by atoms with Gasteiger partial charge in [0.2, 0.25) is 6.23 Å². The van der Waals surface area contributed by atoms with Crippen molar-refractivity contribution in [3.8, 4) is 0 Å². The Kier molecular flexibility index (Phi) is 5.30. The lowest BCUT2D eigenvalue weighted by atomic mass is 9.94. The molecule has 1 saturated carbocycles. The third-order valence-electron chi connectivity index (χ3n) is 5.99. The smallest absolute Gasteiger partial charge is 0.367 e. The number of aryl methyl sites for hydroxylation is 1. The predicted molar refractivity (Wildman–Crippen MR) is 97.3 cm³/mol. The Morgan fingerprint density at radius 2 is 1.93 bits per heavy atom. The average Bonchev–Trinajstić information content (AvgIpc) is 3.41. The highest BCUT2D eigenvalue weighted by atomic mass is 19.4. The summed E-state index contributed by atoms with van der Waals surface area (Å²) in [5.74, 6) is 0.946. The molecule has 2 unspecified atom stereocenters. The van der Waals surface area contributed by atoms with Gasteiger partial charge in [-0.3, -0.25) is 0 Å². The Bertz CT molecular complexity index is 692. The summed E-state index contributed by atoms with van der Waals surface area (Å²) >= 11 is 0. The molecule has 2 N–H and O–H groups in total. The third kappa shape index (κ3) is 4.23. The zero-order valence-corrected chi connectivity index (χ0v) is 15.3. The molecular weight excluding hydrogens is 355 g/mol. The SMILES string of the molecule is FC(F)(F)c1cc(C2=NOC(C3CCCN3)N2)ccc1CCC1CCCC1. The van der Waals surface area contributed by atoms with E-state index >= 15 is 0 Å². The van der Waals surface area contributed by atoms with Crippen LogP contribution in [-0.4, -0.2) is 24.7 Å². The Morgan fingerprint density at radius 1 is 1.11 bits per heavy atom. The third-order valence-corrected chi connectivity index (χ3v) is 5.99. The molecule has 4 rings (SSSR count). The molecule has 27 heavy (non-hydrogen) atoms. The molecule has 148 valence electrons. The number of nitrogens with one attached hydrogen (secondary N) is 2. The summed E-state index contributed by atoms with van der Waals surface area (Å²) in [6.45, 7) is 0.926. The number of alkyl halides is 3. The average molecular weight is 381 g/mol. The molecule has 0 bridgehead atoms. The Balaban J connectivity index is 1.48. The van der Waals surface area contributed by atoms with Crippen LogP contribution in [0.15, 0.2) is 23.4 Å². The minimum absolute atomic E-state index is 0.138. The van der Waals surface area contributed by atoms with E-state index in [0.717, 1.165) is 38.6 Å². The summed E-state index contributed by atoms with van der Waals surface area (Å²) in [7, 11) is 0. The van der Waals surface area contributed by atoms with E-state index in [1.165, 1.54) is 18.9 Å². The maximum Gasteiger partial charge on any atom is 0.416 e. The van der Waals surface area contributed by atoms with Crippen molar-refractivity contribution in [1.82, 2.24) is 10.6 Å². The highest BCUT2D eigenvalue weighted by Crippen LogP contribution is 2.35. The second-order valence-corrected chi connectivity index (χ2v) is 7.87. The van der Waals surface area contributed by atoms with Crippen LogP contribution in [0.4, 0.5) is 13.2 Å². The molecule has 1 aromatic rings.